The minimum absolute atomic E-state index is 0.305. The monoisotopic (exact) mass is 521 g/mol. The molecule has 0 saturated heterocycles. The van der Waals surface area contributed by atoms with Gasteiger partial charge in [-0.3, -0.25) is 14.4 Å². The van der Waals surface area contributed by atoms with Crippen molar-refractivity contribution in [2.45, 2.75) is 46.1 Å². The molecule has 8 nitrogen and oxygen atoms in total. The molecule has 194 valence electrons. The van der Waals surface area contributed by atoms with Gasteiger partial charge in [0.2, 0.25) is 0 Å². The molecule has 2 atom stereocenters. The van der Waals surface area contributed by atoms with Gasteiger partial charge >= 0.3 is 0 Å². The van der Waals surface area contributed by atoms with Crippen molar-refractivity contribution in [1.29, 1.82) is 0 Å². The number of hydrogen-bond donors (Lipinski definition) is 3. The van der Waals surface area contributed by atoms with E-state index in [2.05, 4.69) is 17.6 Å². The van der Waals surface area contributed by atoms with E-state index >= 15 is 0 Å². The van der Waals surface area contributed by atoms with E-state index in [9.17, 15) is 14.4 Å². The van der Waals surface area contributed by atoms with Crippen LogP contribution in [0.1, 0.15) is 58.3 Å². The quantitative estimate of drug-likeness (QED) is 0.365. The Balaban J connectivity index is 1.37. The van der Waals surface area contributed by atoms with Crippen LogP contribution in [0, 0.1) is 5.92 Å². The summed E-state index contributed by atoms with van der Waals surface area (Å²) in [6.07, 6.45) is 1.91. The molecule has 1 aliphatic rings. The van der Waals surface area contributed by atoms with Crippen molar-refractivity contribution in [3.63, 3.8) is 0 Å². The first-order valence-corrected chi connectivity index (χ1v) is 13.1. The number of primary amides is 1. The molecule has 3 aromatic rings. The number of amides is 3. The van der Waals surface area contributed by atoms with Crippen LogP contribution < -0.4 is 25.8 Å². The topological polar surface area (TPSA) is 120 Å². The van der Waals surface area contributed by atoms with Crippen LogP contribution >= 0.6 is 11.3 Å². The zero-order chi connectivity index (χ0) is 26.5. The Bertz CT molecular complexity index is 1280. The zero-order valence-electron chi connectivity index (χ0n) is 21.1. The summed E-state index contributed by atoms with van der Waals surface area (Å²) in [7, 11) is 0. The Morgan fingerprint density at radius 3 is 2.38 bits per heavy atom. The minimum atomic E-state index is -0.760. The molecule has 0 radical (unpaired) electrons. The lowest BCUT2D eigenvalue weighted by atomic mass is 9.88. The fraction of sp³-hybridized carbons (Fsp3) is 0.321. The Morgan fingerprint density at radius 2 is 1.73 bits per heavy atom. The van der Waals surface area contributed by atoms with Crippen molar-refractivity contribution in [2.75, 3.05) is 17.2 Å². The second-order valence-electron chi connectivity index (χ2n) is 9.11. The second kappa shape index (κ2) is 11.5. The molecule has 2 unspecified atom stereocenters. The second-order valence-corrected chi connectivity index (χ2v) is 10.2. The van der Waals surface area contributed by atoms with E-state index in [4.69, 9.17) is 15.2 Å². The van der Waals surface area contributed by atoms with Crippen LogP contribution in [-0.2, 0) is 17.6 Å². The average Bonchev–Trinajstić information content (AvgIpc) is 3.22. The maximum atomic E-state index is 12.9. The normalized spacial score (nSPS) is 15.3. The third-order valence-electron chi connectivity index (χ3n) is 6.22. The van der Waals surface area contributed by atoms with Gasteiger partial charge in [0.05, 0.1) is 12.2 Å². The highest BCUT2D eigenvalue weighted by molar-refractivity contribution is 7.17. The third-order valence-corrected chi connectivity index (χ3v) is 7.39. The number of rotatable bonds is 9. The fourth-order valence-corrected chi connectivity index (χ4v) is 5.67. The van der Waals surface area contributed by atoms with E-state index in [0.717, 1.165) is 35.5 Å². The summed E-state index contributed by atoms with van der Waals surface area (Å²) in [5.74, 6) is 0.539. The Morgan fingerprint density at radius 1 is 1.05 bits per heavy atom. The van der Waals surface area contributed by atoms with E-state index in [0.29, 0.717) is 40.1 Å². The van der Waals surface area contributed by atoms with Crippen LogP contribution in [0.25, 0.3) is 0 Å². The van der Waals surface area contributed by atoms with Crippen LogP contribution in [-0.4, -0.2) is 30.4 Å². The summed E-state index contributed by atoms with van der Waals surface area (Å²) < 4.78 is 11.2. The molecule has 0 spiro atoms. The maximum Gasteiger partial charge on any atom is 0.265 e. The number of benzene rings is 2. The third kappa shape index (κ3) is 6.29. The minimum Gasteiger partial charge on any atom is -0.494 e. The molecule has 0 bridgehead atoms. The summed E-state index contributed by atoms with van der Waals surface area (Å²) in [5, 5.41) is 6.16. The molecular weight excluding hydrogens is 490 g/mol. The number of thiophene rings is 1. The number of ether oxygens (including phenoxy) is 2. The summed E-state index contributed by atoms with van der Waals surface area (Å²) in [6.45, 7) is 6.30. The molecule has 9 heteroatoms. The standard InChI is InChI=1S/C28H31N3O5S/c1-4-35-20-12-8-19(9-13-20)30-26(33)17(3)36-21-10-6-18(7-11-21)27(34)31-28-24(25(29)32)22-14-5-16(2)15-23(22)37-28/h6-13,16-17H,4-5,14-15H2,1-3H3,(H2,29,32)(H,30,33)(H,31,34). The Kier molecular flexibility index (Phi) is 8.13. The SMILES string of the molecule is CCOc1ccc(NC(=O)C(C)Oc2ccc(C(=O)Nc3sc4c(c3C(N)=O)CCC(C)C4)cc2)cc1. The van der Waals surface area contributed by atoms with Crippen LogP contribution in [0.15, 0.2) is 48.5 Å². The molecule has 3 amide bonds. The first-order valence-electron chi connectivity index (χ1n) is 12.3. The van der Waals surface area contributed by atoms with Gasteiger partial charge in [-0.25, -0.2) is 0 Å². The number of nitrogens with one attached hydrogen (secondary N) is 2. The number of nitrogens with two attached hydrogens (primary N) is 1. The van der Waals surface area contributed by atoms with Crippen molar-refractivity contribution >= 4 is 39.7 Å². The van der Waals surface area contributed by atoms with Crippen LogP contribution in [0.4, 0.5) is 10.7 Å². The number of carbonyl (C=O) groups is 3. The zero-order valence-corrected chi connectivity index (χ0v) is 21.9. The molecule has 1 aromatic heterocycles. The van der Waals surface area contributed by atoms with Gasteiger partial charge in [0, 0.05) is 16.1 Å². The van der Waals surface area contributed by atoms with Crippen molar-refractivity contribution in [1.82, 2.24) is 0 Å². The van der Waals surface area contributed by atoms with Crippen molar-refractivity contribution < 1.29 is 23.9 Å². The lowest BCUT2D eigenvalue weighted by Crippen LogP contribution is -2.30. The van der Waals surface area contributed by atoms with Gasteiger partial charge in [0.1, 0.15) is 16.5 Å². The Hall–Kier alpha value is -3.85. The lowest BCUT2D eigenvalue weighted by Gasteiger charge is -2.18. The van der Waals surface area contributed by atoms with E-state index in [-0.39, 0.29) is 11.8 Å². The first-order chi connectivity index (χ1) is 17.7. The Labute approximate surface area is 220 Å². The largest absolute Gasteiger partial charge is 0.494 e. The maximum absolute atomic E-state index is 12.9. The van der Waals surface area contributed by atoms with Crippen LogP contribution in [0.2, 0.25) is 0 Å². The molecule has 2 aromatic carbocycles. The summed E-state index contributed by atoms with van der Waals surface area (Å²) in [5.41, 5.74) is 8.07. The molecule has 0 fully saturated rings. The van der Waals surface area contributed by atoms with Crippen molar-refractivity contribution in [3.05, 3.63) is 70.1 Å². The molecular formula is C28H31N3O5S. The van der Waals surface area contributed by atoms with E-state index in [1.807, 2.05) is 6.92 Å². The summed E-state index contributed by atoms with van der Waals surface area (Å²) >= 11 is 1.43. The van der Waals surface area contributed by atoms with Gasteiger partial charge in [-0.1, -0.05) is 6.92 Å². The van der Waals surface area contributed by atoms with Crippen LogP contribution in [0.3, 0.4) is 0 Å². The molecule has 0 saturated carbocycles. The molecule has 0 aliphatic heterocycles. The fourth-order valence-electron chi connectivity index (χ4n) is 4.26. The first kappa shape index (κ1) is 26.2. The van der Waals surface area contributed by atoms with E-state index < -0.39 is 12.0 Å². The highest BCUT2D eigenvalue weighted by atomic mass is 32.1. The number of anilines is 2. The summed E-state index contributed by atoms with van der Waals surface area (Å²) in [6, 6.07) is 13.6. The van der Waals surface area contributed by atoms with E-state index in [1.165, 1.54) is 11.3 Å². The van der Waals surface area contributed by atoms with Gasteiger partial charge in [-0.05, 0) is 93.1 Å². The number of fused-ring (bicyclic) bond motifs is 1. The number of hydrogen-bond acceptors (Lipinski definition) is 6. The molecule has 4 rings (SSSR count). The molecule has 1 aliphatic carbocycles. The van der Waals surface area contributed by atoms with Gasteiger partial charge in [0.15, 0.2) is 6.10 Å². The van der Waals surface area contributed by atoms with Crippen LogP contribution in [0.5, 0.6) is 11.5 Å². The highest BCUT2D eigenvalue weighted by Gasteiger charge is 2.27. The van der Waals surface area contributed by atoms with E-state index in [1.54, 1.807) is 55.5 Å². The molecule has 4 N–H and O–H groups in total. The molecule has 1 heterocycles. The smallest absolute Gasteiger partial charge is 0.265 e. The van der Waals surface area contributed by atoms with Gasteiger partial charge in [-0.15, -0.1) is 11.3 Å². The summed E-state index contributed by atoms with van der Waals surface area (Å²) in [4.78, 5) is 38.7. The van der Waals surface area contributed by atoms with Gasteiger partial charge in [-0.2, -0.15) is 0 Å². The number of carbonyl (C=O) groups excluding carboxylic acids is 3. The van der Waals surface area contributed by atoms with Crippen molar-refractivity contribution in [3.8, 4) is 11.5 Å². The predicted octanol–water partition coefficient (Wildman–Crippen LogP) is 5.03. The predicted molar refractivity (Wildman–Crippen MR) is 145 cm³/mol. The molecule has 37 heavy (non-hydrogen) atoms. The van der Waals surface area contributed by atoms with Gasteiger partial charge < -0.3 is 25.8 Å². The highest BCUT2D eigenvalue weighted by Crippen LogP contribution is 2.39. The van der Waals surface area contributed by atoms with Crippen molar-refractivity contribution in [2.24, 2.45) is 11.7 Å². The van der Waals surface area contributed by atoms with Gasteiger partial charge in [0.25, 0.3) is 17.7 Å². The average molecular weight is 522 g/mol. The lowest BCUT2D eigenvalue weighted by molar-refractivity contribution is -0.122.